The molecule has 5 aromatic rings. The highest BCUT2D eigenvalue weighted by Gasteiger charge is 2.24. The number of pyridine rings is 1. The fourth-order valence-corrected chi connectivity index (χ4v) is 3.05. The summed E-state index contributed by atoms with van der Waals surface area (Å²) in [6, 6.07) is 15.5. The molecule has 146 valence electrons. The Morgan fingerprint density at radius 2 is 1.70 bits per heavy atom. The predicted molar refractivity (Wildman–Crippen MR) is 103 cm³/mol. The Labute approximate surface area is 168 Å². The lowest BCUT2D eigenvalue weighted by molar-refractivity contribution is 0.431. The van der Waals surface area contributed by atoms with E-state index in [1.54, 1.807) is 54.9 Å². The van der Waals surface area contributed by atoms with Crippen molar-refractivity contribution in [2.75, 3.05) is 0 Å². The molecule has 0 aliphatic rings. The topological polar surface area (TPSA) is 82.5 Å². The molecule has 5 rings (SSSR count). The van der Waals surface area contributed by atoms with Crippen molar-refractivity contribution in [3.05, 3.63) is 84.7 Å². The zero-order chi connectivity index (χ0) is 20.5. The van der Waals surface area contributed by atoms with E-state index in [-0.39, 0.29) is 23.1 Å². The van der Waals surface area contributed by atoms with Crippen molar-refractivity contribution >= 4 is 0 Å². The lowest BCUT2D eigenvalue weighted by Crippen LogP contribution is -2.02. The maximum atomic E-state index is 14.5. The number of benzene rings is 2. The molecular weight excluding hydrogens is 390 g/mol. The van der Waals surface area contributed by atoms with E-state index >= 15 is 0 Å². The summed E-state index contributed by atoms with van der Waals surface area (Å²) in [5.74, 6) is -0.605. The number of hydrogen-bond acceptors (Lipinski definition) is 6. The quantitative estimate of drug-likeness (QED) is 0.445. The Morgan fingerprint density at radius 3 is 2.50 bits per heavy atom. The largest absolute Gasteiger partial charge is 0.332 e. The van der Waals surface area contributed by atoms with Crippen LogP contribution in [0, 0.1) is 11.6 Å². The van der Waals surface area contributed by atoms with Crippen LogP contribution in [-0.2, 0) is 0 Å². The van der Waals surface area contributed by atoms with Gasteiger partial charge in [0.15, 0.2) is 5.69 Å². The molecule has 0 aliphatic heterocycles. The van der Waals surface area contributed by atoms with Gasteiger partial charge >= 0.3 is 0 Å². The Bertz CT molecular complexity index is 1330. The van der Waals surface area contributed by atoms with Gasteiger partial charge in [-0.1, -0.05) is 34.6 Å². The summed E-state index contributed by atoms with van der Waals surface area (Å²) in [4.78, 5) is 8.36. The van der Waals surface area contributed by atoms with Gasteiger partial charge in [0, 0.05) is 23.5 Å². The number of para-hydroxylation sites is 1. The molecule has 0 fully saturated rings. The van der Waals surface area contributed by atoms with Crippen molar-refractivity contribution in [1.29, 1.82) is 0 Å². The first-order chi connectivity index (χ1) is 14.7. The van der Waals surface area contributed by atoms with Gasteiger partial charge in [-0.2, -0.15) is 4.98 Å². The Kier molecular flexibility index (Phi) is 4.32. The van der Waals surface area contributed by atoms with E-state index in [0.717, 1.165) is 0 Å². The molecule has 30 heavy (non-hydrogen) atoms. The van der Waals surface area contributed by atoms with Gasteiger partial charge in [0.05, 0.1) is 0 Å². The summed E-state index contributed by atoms with van der Waals surface area (Å²) in [6.45, 7) is 0. The minimum atomic E-state index is -0.463. The summed E-state index contributed by atoms with van der Waals surface area (Å²) in [7, 11) is 0. The Balaban J connectivity index is 1.68. The minimum Gasteiger partial charge on any atom is -0.332 e. The van der Waals surface area contributed by atoms with Crippen LogP contribution in [0.1, 0.15) is 0 Å². The molecule has 0 saturated heterocycles. The van der Waals surface area contributed by atoms with Gasteiger partial charge in [0.1, 0.15) is 23.0 Å². The van der Waals surface area contributed by atoms with Crippen LogP contribution in [0.5, 0.6) is 0 Å². The summed E-state index contributed by atoms with van der Waals surface area (Å²) in [5.41, 5.74) is 2.07. The van der Waals surface area contributed by atoms with Crippen LogP contribution in [0.2, 0.25) is 0 Å². The van der Waals surface area contributed by atoms with Gasteiger partial charge in [-0.3, -0.25) is 4.98 Å². The lowest BCUT2D eigenvalue weighted by atomic mass is 10.1. The van der Waals surface area contributed by atoms with Crippen molar-refractivity contribution in [3.8, 4) is 39.9 Å². The molecule has 3 aromatic heterocycles. The molecule has 3 heterocycles. The third kappa shape index (κ3) is 3.12. The first kappa shape index (κ1) is 17.8. The second kappa shape index (κ2) is 7.28. The van der Waals surface area contributed by atoms with Crippen LogP contribution in [0.15, 0.2) is 77.6 Å². The minimum absolute atomic E-state index is 0.0728. The molecule has 0 spiro atoms. The van der Waals surface area contributed by atoms with E-state index < -0.39 is 11.6 Å². The second-order valence-corrected chi connectivity index (χ2v) is 6.32. The fourth-order valence-electron chi connectivity index (χ4n) is 3.05. The smallest absolute Gasteiger partial charge is 0.281 e. The highest BCUT2D eigenvalue weighted by Crippen LogP contribution is 2.32. The van der Waals surface area contributed by atoms with Crippen molar-refractivity contribution in [1.82, 2.24) is 30.1 Å². The molecule has 0 bridgehead atoms. The molecule has 0 radical (unpaired) electrons. The molecule has 0 saturated carbocycles. The summed E-state index contributed by atoms with van der Waals surface area (Å²) < 4.78 is 34.7. The van der Waals surface area contributed by atoms with E-state index in [2.05, 4.69) is 25.4 Å². The van der Waals surface area contributed by atoms with Gasteiger partial charge < -0.3 is 4.52 Å². The lowest BCUT2D eigenvalue weighted by Gasteiger charge is -2.08. The first-order valence-corrected chi connectivity index (χ1v) is 8.92. The van der Waals surface area contributed by atoms with E-state index in [4.69, 9.17) is 4.52 Å². The maximum absolute atomic E-state index is 14.5. The summed E-state index contributed by atoms with van der Waals surface area (Å²) in [5, 5.41) is 12.2. The van der Waals surface area contributed by atoms with Crippen LogP contribution >= 0.6 is 0 Å². The van der Waals surface area contributed by atoms with Crippen LogP contribution in [-0.4, -0.2) is 30.1 Å². The summed E-state index contributed by atoms with van der Waals surface area (Å²) >= 11 is 0. The van der Waals surface area contributed by atoms with Crippen LogP contribution in [0.3, 0.4) is 0 Å². The van der Waals surface area contributed by atoms with E-state index in [0.29, 0.717) is 16.8 Å². The van der Waals surface area contributed by atoms with Gasteiger partial charge in [-0.15, -0.1) is 5.10 Å². The average Bonchev–Trinajstić information content (AvgIpc) is 3.42. The number of nitrogens with zero attached hydrogens (tertiary/aromatic N) is 6. The molecule has 7 nitrogen and oxygen atoms in total. The van der Waals surface area contributed by atoms with Gasteiger partial charge in [0.2, 0.25) is 5.82 Å². The molecule has 0 atom stereocenters. The fraction of sp³-hybridized carbons (Fsp3) is 0. The summed E-state index contributed by atoms with van der Waals surface area (Å²) in [6.07, 6.45) is 3.20. The van der Waals surface area contributed by atoms with Crippen molar-refractivity contribution < 1.29 is 13.3 Å². The van der Waals surface area contributed by atoms with E-state index in [1.165, 1.54) is 22.9 Å². The van der Waals surface area contributed by atoms with E-state index in [1.807, 2.05) is 0 Å². The number of rotatable bonds is 4. The van der Waals surface area contributed by atoms with Gasteiger partial charge in [-0.05, 0) is 36.4 Å². The van der Waals surface area contributed by atoms with Crippen LogP contribution in [0.25, 0.3) is 39.9 Å². The average molecular weight is 402 g/mol. The maximum Gasteiger partial charge on any atom is 0.281 e. The molecule has 2 aromatic carbocycles. The van der Waals surface area contributed by atoms with Crippen molar-refractivity contribution in [2.45, 2.75) is 0 Å². The number of aromatic nitrogens is 6. The highest BCUT2D eigenvalue weighted by molar-refractivity contribution is 5.76. The van der Waals surface area contributed by atoms with Crippen molar-refractivity contribution in [2.24, 2.45) is 0 Å². The Hall–Kier alpha value is -4.27. The number of hydrogen-bond donors (Lipinski definition) is 0. The second-order valence-electron chi connectivity index (χ2n) is 6.32. The molecule has 0 N–H and O–H groups in total. The monoisotopic (exact) mass is 402 g/mol. The third-order valence-corrected chi connectivity index (χ3v) is 4.42. The SMILES string of the molecule is Fc1cccc(-c2noc(-c3nnn(-c4ccccc4F)c3-c3ccncc3)n2)c1. The van der Waals surface area contributed by atoms with Gasteiger partial charge in [-0.25, -0.2) is 13.5 Å². The van der Waals surface area contributed by atoms with Crippen LogP contribution < -0.4 is 0 Å². The number of halogens is 2. The predicted octanol–water partition coefficient (Wildman–Crippen LogP) is 4.32. The molecule has 0 amide bonds. The first-order valence-electron chi connectivity index (χ1n) is 8.92. The molecular formula is C21H12F2N6O. The molecule has 9 heteroatoms. The Morgan fingerprint density at radius 1 is 0.867 bits per heavy atom. The third-order valence-electron chi connectivity index (χ3n) is 4.42. The highest BCUT2D eigenvalue weighted by atomic mass is 19.1. The normalized spacial score (nSPS) is 11.0. The van der Waals surface area contributed by atoms with Crippen LogP contribution in [0.4, 0.5) is 8.78 Å². The van der Waals surface area contributed by atoms with Gasteiger partial charge in [0.25, 0.3) is 5.89 Å². The zero-order valence-corrected chi connectivity index (χ0v) is 15.3. The molecule has 0 unspecified atom stereocenters. The molecule has 0 aliphatic carbocycles. The standard InChI is InChI=1S/C21H12F2N6O/c22-15-5-3-4-14(12-15)20-25-21(30-27-20)18-19(13-8-10-24-11-9-13)29(28-26-18)17-7-2-1-6-16(17)23/h1-12H. The zero-order valence-electron chi connectivity index (χ0n) is 15.3. The van der Waals surface area contributed by atoms with Crippen molar-refractivity contribution in [3.63, 3.8) is 0 Å². The van der Waals surface area contributed by atoms with E-state index in [9.17, 15) is 8.78 Å².